The topological polar surface area (TPSA) is 76.1 Å². The van der Waals surface area contributed by atoms with E-state index in [0.717, 1.165) is 24.8 Å². The number of nitrogens with zero attached hydrogens (tertiary/aromatic N) is 1. The third kappa shape index (κ3) is 3.57. The van der Waals surface area contributed by atoms with Crippen LogP contribution in [-0.4, -0.2) is 42.1 Å². The van der Waals surface area contributed by atoms with Crippen LogP contribution in [0.3, 0.4) is 0 Å². The highest BCUT2D eigenvalue weighted by Gasteiger charge is 2.47. The summed E-state index contributed by atoms with van der Waals surface area (Å²) in [6, 6.07) is 5.72. The van der Waals surface area contributed by atoms with Gasteiger partial charge in [-0.05, 0) is 43.9 Å². The van der Waals surface area contributed by atoms with Crippen molar-refractivity contribution >= 4 is 11.9 Å². The summed E-state index contributed by atoms with van der Waals surface area (Å²) in [5.41, 5.74) is 0.0166. The number of hydrogen-bond acceptors (Lipinski definition) is 4. The molecular formula is C19H25NO5. The van der Waals surface area contributed by atoms with Crippen molar-refractivity contribution < 1.29 is 24.2 Å². The molecule has 0 unspecified atom stereocenters. The van der Waals surface area contributed by atoms with E-state index in [-0.39, 0.29) is 18.4 Å². The molecule has 0 atom stereocenters. The van der Waals surface area contributed by atoms with E-state index in [9.17, 15) is 14.7 Å². The molecule has 0 aliphatic heterocycles. The van der Waals surface area contributed by atoms with Gasteiger partial charge in [-0.15, -0.1) is 0 Å². The Morgan fingerprint density at radius 1 is 1.24 bits per heavy atom. The van der Waals surface area contributed by atoms with E-state index in [4.69, 9.17) is 9.47 Å². The van der Waals surface area contributed by atoms with E-state index < -0.39 is 11.4 Å². The Balaban J connectivity index is 1.78. The molecule has 1 N–H and O–H groups in total. The van der Waals surface area contributed by atoms with Crippen LogP contribution >= 0.6 is 0 Å². The molecule has 2 aliphatic rings. The molecule has 0 heterocycles. The second-order valence-electron chi connectivity index (χ2n) is 7.05. The molecule has 0 radical (unpaired) electrons. The third-order valence-electron chi connectivity index (χ3n) is 5.39. The minimum atomic E-state index is -0.858. The van der Waals surface area contributed by atoms with Crippen molar-refractivity contribution in [2.45, 2.75) is 51.1 Å². The normalized spacial score (nSPS) is 18.2. The molecular weight excluding hydrogens is 322 g/mol. The Hall–Kier alpha value is -2.24. The first-order valence-electron chi connectivity index (χ1n) is 8.73. The minimum absolute atomic E-state index is 0.0746. The molecule has 1 aromatic rings. The first kappa shape index (κ1) is 17.6. The van der Waals surface area contributed by atoms with Crippen molar-refractivity contribution in [3.63, 3.8) is 0 Å². The summed E-state index contributed by atoms with van der Waals surface area (Å²) in [5.74, 6) is 0.493. The second kappa shape index (κ2) is 6.94. The number of methoxy groups -OCH3 is 2. The molecule has 25 heavy (non-hydrogen) atoms. The smallest absolute Gasteiger partial charge is 0.310 e. The van der Waals surface area contributed by atoms with Crippen LogP contribution in [0.1, 0.15) is 44.1 Å². The molecule has 0 aromatic heterocycles. The summed E-state index contributed by atoms with van der Waals surface area (Å²) < 4.78 is 10.7. The number of hydrogen-bond donors (Lipinski definition) is 1. The molecule has 6 nitrogen and oxygen atoms in total. The Kier molecular flexibility index (Phi) is 4.88. The number of rotatable bonds is 8. The third-order valence-corrected chi connectivity index (χ3v) is 5.39. The predicted octanol–water partition coefficient (Wildman–Crippen LogP) is 2.84. The van der Waals surface area contributed by atoms with Crippen LogP contribution < -0.4 is 9.47 Å². The van der Waals surface area contributed by atoms with Gasteiger partial charge in [-0.25, -0.2) is 0 Å². The number of aliphatic carboxylic acids is 1. The minimum Gasteiger partial charge on any atom is -0.497 e. The van der Waals surface area contributed by atoms with Gasteiger partial charge in [0.25, 0.3) is 0 Å². The molecule has 0 bridgehead atoms. The van der Waals surface area contributed by atoms with Crippen LogP contribution in [0.25, 0.3) is 0 Å². The molecule has 3 rings (SSSR count). The molecule has 2 saturated carbocycles. The van der Waals surface area contributed by atoms with Gasteiger partial charge in [-0.2, -0.15) is 0 Å². The molecule has 1 aromatic carbocycles. The van der Waals surface area contributed by atoms with Crippen molar-refractivity contribution in [1.29, 1.82) is 0 Å². The van der Waals surface area contributed by atoms with Crippen molar-refractivity contribution in [1.82, 2.24) is 4.90 Å². The first-order valence-corrected chi connectivity index (χ1v) is 8.73. The maximum absolute atomic E-state index is 12.9. The van der Waals surface area contributed by atoms with Crippen molar-refractivity contribution in [2.24, 2.45) is 5.41 Å². The van der Waals surface area contributed by atoms with Crippen LogP contribution in [0.15, 0.2) is 18.2 Å². The maximum Gasteiger partial charge on any atom is 0.310 e. The Labute approximate surface area is 147 Å². The maximum atomic E-state index is 12.9. The fourth-order valence-corrected chi connectivity index (χ4v) is 3.46. The highest BCUT2D eigenvalue weighted by atomic mass is 16.5. The van der Waals surface area contributed by atoms with E-state index in [1.54, 1.807) is 14.2 Å². The SMILES string of the molecule is COc1ccc(OC)c(CN(C(=O)CC2(C(=O)O)CCC2)C2CC2)c1. The Bertz CT molecular complexity index is 664. The average molecular weight is 347 g/mol. The second-order valence-corrected chi connectivity index (χ2v) is 7.05. The Morgan fingerprint density at radius 2 is 1.96 bits per heavy atom. The number of ether oxygens (including phenoxy) is 2. The fourth-order valence-electron chi connectivity index (χ4n) is 3.46. The highest BCUT2D eigenvalue weighted by Crippen LogP contribution is 2.45. The van der Waals surface area contributed by atoms with E-state index in [0.29, 0.717) is 30.9 Å². The average Bonchev–Trinajstić information content (AvgIpc) is 3.39. The van der Waals surface area contributed by atoms with E-state index in [2.05, 4.69) is 0 Å². The molecule has 6 heteroatoms. The fraction of sp³-hybridized carbons (Fsp3) is 0.579. The summed E-state index contributed by atoms with van der Waals surface area (Å²) in [6.07, 6.45) is 4.10. The number of carbonyl (C=O) groups is 2. The van der Waals surface area contributed by atoms with Gasteiger partial charge >= 0.3 is 5.97 Å². The summed E-state index contributed by atoms with van der Waals surface area (Å²) in [7, 11) is 3.20. The zero-order valence-electron chi connectivity index (χ0n) is 14.8. The largest absolute Gasteiger partial charge is 0.497 e. The van der Waals surface area contributed by atoms with Gasteiger partial charge in [0.15, 0.2) is 0 Å². The number of carboxylic acids is 1. The highest BCUT2D eigenvalue weighted by molar-refractivity contribution is 5.86. The van der Waals surface area contributed by atoms with Crippen LogP contribution in [-0.2, 0) is 16.1 Å². The van der Waals surface area contributed by atoms with Crippen molar-refractivity contribution in [3.05, 3.63) is 23.8 Å². The van der Waals surface area contributed by atoms with E-state index >= 15 is 0 Å². The summed E-state index contributed by atoms with van der Waals surface area (Å²) >= 11 is 0. The monoisotopic (exact) mass is 347 g/mol. The number of benzene rings is 1. The van der Waals surface area contributed by atoms with Gasteiger partial charge in [0.1, 0.15) is 11.5 Å². The zero-order chi connectivity index (χ0) is 18.0. The van der Waals surface area contributed by atoms with Gasteiger partial charge in [0, 0.05) is 24.6 Å². The molecule has 2 aliphatic carbocycles. The summed E-state index contributed by atoms with van der Waals surface area (Å²) in [6.45, 7) is 0.416. The van der Waals surface area contributed by atoms with Gasteiger partial charge in [-0.3, -0.25) is 9.59 Å². The first-order chi connectivity index (χ1) is 12.0. The lowest BCUT2D eigenvalue weighted by molar-refractivity contribution is -0.159. The van der Waals surface area contributed by atoms with Crippen LogP contribution in [0.5, 0.6) is 11.5 Å². The van der Waals surface area contributed by atoms with Crippen molar-refractivity contribution in [3.8, 4) is 11.5 Å². The molecule has 136 valence electrons. The van der Waals surface area contributed by atoms with Crippen LogP contribution in [0.4, 0.5) is 0 Å². The van der Waals surface area contributed by atoms with E-state index in [1.807, 2.05) is 23.1 Å². The standard InChI is InChI=1S/C19H25NO5/c1-24-15-6-7-16(25-2)13(10-15)12-20(14-4-5-14)17(21)11-19(18(22)23)8-3-9-19/h6-7,10,14H,3-5,8-9,11-12H2,1-2H3,(H,22,23). The van der Waals surface area contributed by atoms with Gasteiger partial charge in [0.2, 0.25) is 5.91 Å². The Morgan fingerprint density at radius 3 is 2.44 bits per heavy atom. The molecule has 2 fully saturated rings. The lowest BCUT2D eigenvalue weighted by Gasteiger charge is -2.38. The van der Waals surface area contributed by atoms with Gasteiger partial charge in [0.05, 0.1) is 19.6 Å². The molecule has 0 spiro atoms. The molecule has 0 saturated heterocycles. The van der Waals surface area contributed by atoms with Gasteiger partial charge in [-0.1, -0.05) is 6.42 Å². The lowest BCUT2D eigenvalue weighted by atomic mass is 9.66. The zero-order valence-corrected chi connectivity index (χ0v) is 14.8. The number of carboxylic acid groups (broad SMARTS) is 1. The molecule has 1 amide bonds. The number of carbonyl (C=O) groups excluding carboxylic acids is 1. The van der Waals surface area contributed by atoms with Crippen LogP contribution in [0.2, 0.25) is 0 Å². The summed E-state index contributed by atoms with van der Waals surface area (Å²) in [5, 5.41) is 9.50. The number of amides is 1. The van der Waals surface area contributed by atoms with Crippen LogP contribution in [0, 0.1) is 5.41 Å². The summed E-state index contributed by atoms with van der Waals surface area (Å²) in [4.78, 5) is 26.3. The predicted molar refractivity (Wildman–Crippen MR) is 91.7 cm³/mol. The lowest BCUT2D eigenvalue weighted by Crippen LogP contribution is -2.44. The van der Waals surface area contributed by atoms with Crippen molar-refractivity contribution in [2.75, 3.05) is 14.2 Å². The quantitative estimate of drug-likeness (QED) is 0.782. The van der Waals surface area contributed by atoms with E-state index in [1.165, 1.54) is 0 Å². The van der Waals surface area contributed by atoms with Gasteiger partial charge < -0.3 is 19.5 Å².